The Hall–Kier alpha value is -1.61. The van der Waals surface area contributed by atoms with Crippen molar-refractivity contribution >= 4 is 16.7 Å². The van der Waals surface area contributed by atoms with Gasteiger partial charge >= 0.3 is 0 Å². The molecular formula is C17H23N3. The van der Waals surface area contributed by atoms with Crippen LogP contribution in [-0.2, 0) is 6.54 Å². The average Bonchev–Trinajstić information content (AvgIpc) is 2.42. The molecule has 2 aromatic rings. The number of hydrogen-bond donors (Lipinski definition) is 1. The minimum atomic E-state index is 0.677. The van der Waals surface area contributed by atoms with Gasteiger partial charge in [-0.1, -0.05) is 25.1 Å². The number of aromatic nitrogens is 1. The Morgan fingerprint density at radius 1 is 1.30 bits per heavy atom. The van der Waals surface area contributed by atoms with Gasteiger partial charge in [-0.3, -0.25) is 0 Å². The number of nitrogens with one attached hydrogen (secondary N) is 1. The van der Waals surface area contributed by atoms with E-state index < -0.39 is 0 Å². The molecule has 0 saturated heterocycles. The fourth-order valence-electron chi connectivity index (χ4n) is 2.78. The lowest BCUT2D eigenvalue weighted by molar-refractivity contribution is 0.399. The van der Waals surface area contributed by atoms with Crippen LogP contribution in [0.15, 0.2) is 30.3 Å². The molecule has 1 saturated carbocycles. The summed E-state index contributed by atoms with van der Waals surface area (Å²) in [5.74, 6) is 1.11. The second-order valence-corrected chi connectivity index (χ2v) is 5.63. The van der Waals surface area contributed by atoms with E-state index in [9.17, 15) is 0 Å². The Bertz CT molecular complexity index is 590. The zero-order valence-electron chi connectivity index (χ0n) is 12.4. The van der Waals surface area contributed by atoms with Crippen LogP contribution in [0.25, 0.3) is 10.9 Å². The summed E-state index contributed by atoms with van der Waals surface area (Å²) < 4.78 is 0. The minimum absolute atomic E-state index is 0.677. The SMILES string of the molecule is CCNCc1cc(N(C)C2CCC2)nc2ccccc12. The zero-order chi connectivity index (χ0) is 13.9. The second kappa shape index (κ2) is 5.80. The van der Waals surface area contributed by atoms with E-state index in [1.54, 1.807) is 0 Å². The molecule has 0 aliphatic heterocycles. The highest BCUT2D eigenvalue weighted by Crippen LogP contribution is 2.29. The van der Waals surface area contributed by atoms with Crippen LogP contribution in [0.4, 0.5) is 5.82 Å². The van der Waals surface area contributed by atoms with Crippen molar-refractivity contribution in [3.63, 3.8) is 0 Å². The third kappa shape index (κ3) is 2.50. The Morgan fingerprint density at radius 2 is 2.10 bits per heavy atom. The molecule has 20 heavy (non-hydrogen) atoms. The third-order valence-electron chi connectivity index (χ3n) is 4.34. The first kappa shape index (κ1) is 13.4. The van der Waals surface area contributed by atoms with Gasteiger partial charge in [-0.25, -0.2) is 4.98 Å². The average molecular weight is 269 g/mol. The van der Waals surface area contributed by atoms with E-state index in [4.69, 9.17) is 4.98 Å². The summed E-state index contributed by atoms with van der Waals surface area (Å²) in [6.07, 6.45) is 3.95. The maximum absolute atomic E-state index is 4.84. The van der Waals surface area contributed by atoms with Crippen molar-refractivity contribution in [3.05, 3.63) is 35.9 Å². The predicted molar refractivity (Wildman–Crippen MR) is 85.2 cm³/mol. The Balaban J connectivity index is 1.99. The highest BCUT2D eigenvalue weighted by molar-refractivity contribution is 5.84. The Kier molecular flexibility index (Phi) is 3.88. The normalized spacial score (nSPS) is 15.3. The molecule has 0 bridgehead atoms. The van der Waals surface area contributed by atoms with Crippen LogP contribution >= 0.6 is 0 Å². The standard InChI is InChI=1S/C17H23N3/c1-3-18-12-13-11-17(20(2)14-7-6-8-14)19-16-10-5-4-9-15(13)16/h4-5,9-11,14,18H,3,6-8,12H2,1-2H3. The van der Waals surface area contributed by atoms with Gasteiger partial charge in [-0.05, 0) is 43.5 Å². The van der Waals surface area contributed by atoms with Crippen molar-refractivity contribution in [1.82, 2.24) is 10.3 Å². The van der Waals surface area contributed by atoms with E-state index in [1.165, 1.54) is 30.2 Å². The lowest BCUT2D eigenvalue weighted by atomic mass is 9.92. The molecule has 0 atom stereocenters. The van der Waals surface area contributed by atoms with Crippen molar-refractivity contribution in [1.29, 1.82) is 0 Å². The fraction of sp³-hybridized carbons (Fsp3) is 0.471. The van der Waals surface area contributed by atoms with Gasteiger partial charge in [0, 0.05) is 25.0 Å². The van der Waals surface area contributed by atoms with E-state index in [0.717, 1.165) is 24.4 Å². The minimum Gasteiger partial charge on any atom is -0.357 e. The first-order valence-corrected chi connectivity index (χ1v) is 7.62. The van der Waals surface area contributed by atoms with Crippen LogP contribution in [0.3, 0.4) is 0 Å². The number of rotatable bonds is 5. The maximum atomic E-state index is 4.84. The molecule has 0 spiro atoms. The number of para-hydroxylation sites is 1. The maximum Gasteiger partial charge on any atom is 0.129 e. The first-order chi connectivity index (χ1) is 9.79. The lowest BCUT2D eigenvalue weighted by Crippen LogP contribution is -2.37. The van der Waals surface area contributed by atoms with Gasteiger partial charge in [0.05, 0.1) is 5.52 Å². The van der Waals surface area contributed by atoms with Crippen LogP contribution in [0.5, 0.6) is 0 Å². The summed E-state index contributed by atoms with van der Waals surface area (Å²) >= 11 is 0. The van der Waals surface area contributed by atoms with Crippen LogP contribution in [0.1, 0.15) is 31.7 Å². The van der Waals surface area contributed by atoms with Gasteiger partial charge in [-0.2, -0.15) is 0 Å². The topological polar surface area (TPSA) is 28.2 Å². The van der Waals surface area contributed by atoms with Gasteiger partial charge in [0.25, 0.3) is 0 Å². The molecular weight excluding hydrogens is 246 g/mol. The molecule has 1 N–H and O–H groups in total. The summed E-state index contributed by atoms with van der Waals surface area (Å²) in [4.78, 5) is 7.20. The summed E-state index contributed by atoms with van der Waals surface area (Å²) in [7, 11) is 2.18. The summed E-state index contributed by atoms with van der Waals surface area (Å²) in [5, 5.41) is 4.70. The molecule has 0 amide bonds. The zero-order valence-corrected chi connectivity index (χ0v) is 12.4. The number of benzene rings is 1. The van der Waals surface area contributed by atoms with Crippen molar-refractivity contribution in [3.8, 4) is 0 Å². The van der Waals surface area contributed by atoms with E-state index in [2.05, 4.69) is 54.5 Å². The highest BCUT2D eigenvalue weighted by atomic mass is 15.2. The molecule has 3 nitrogen and oxygen atoms in total. The lowest BCUT2D eigenvalue weighted by Gasteiger charge is -2.35. The second-order valence-electron chi connectivity index (χ2n) is 5.63. The van der Waals surface area contributed by atoms with Crippen LogP contribution in [0.2, 0.25) is 0 Å². The van der Waals surface area contributed by atoms with Gasteiger partial charge in [0.15, 0.2) is 0 Å². The first-order valence-electron chi connectivity index (χ1n) is 7.62. The quantitative estimate of drug-likeness (QED) is 0.902. The molecule has 0 radical (unpaired) electrons. The molecule has 3 heteroatoms. The van der Waals surface area contributed by atoms with Crippen molar-refractivity contribution in [2.45, 2.75) is 38.8 Å². The van der Waals surface area contributed by atoms with Crippen LogP contribution < -0.4 is 10.2 Å². The highest BCUT2D eigenvalue weighted by Gasteiger charge is 2.23. The summed E-state index contributed by atoms with van der Waals surface area (Å²) in [6, 6.07) is 11.4. The van der Waals surface area contributed by atoms with E-state index in [-0.39, 0.29) is 0 Å². The molecule has 1 aliphatic carbocycles. The molecule has 0 unspecified atom stereocenters. The largest absolute Gasteiger partial charge is 0.357 e. The van der Waals surface area contributed by atoms with Gasteiger partial charge in [0.1, 0.15) is 5.82 Å². The molecule has 106 valence electrons. The number of nitrogens with zero attached hydrogens (tertiary/aromatic N) is 2. The van der Waals surface area contributed by atoms with Crippen molar-refractivity contribution in [2.75, 3.05) is 18.5 Å². The van der Waals surface area contributed by atoms with E-state index in [0.29, 0.717) is 6.04 Å². The smallest absolute Gasteiger partial charge is 0.129 e. The molecule has 1 aliphatic rings. The fourth-order valence-corrected chi connectivity index (χ4v) is 2.78. The Morgan fingerprint density at radius 3 is 2.80 bits per heavy atom. The molecule has 1 heterocycles. The molecule has 1 fully saturated rings. The van der Waals surface area contributed by atoms with Gasteiger partial charge in [0.2, 0.25) is 0 Å². The number of pyridine rings is 1. The number of fused-ring (bicyclic) bond motifs is 1. The number of hydrogen-bond acceptors (Lipinski definition) is 3. The van der Waals surface area contributed by atoms with E-state index in [1.807, 2.05) is 0 Å². The molecule has 3 rings (SSSR count). The van der Waals surface area contributed by atoms with E-state index >= 15 is 0 Å². The monoisotopic (exact) mass is 269 g/mol. The Labute approximate surface area is 121 Å². The van der Waals surface area contributed by atoms with Crippen molar-refractivity contribution < 1.29 is 0 Å². The molecule has 1 aromatic carbocycles. The third-order valence-corrected chi connectivity index (χ3v) is 4.34. The predicted octanol–water partition coefficient (Wildman–Crippen LogP) is 3.33. The van der Waals surface area contributed by atoms with Gasteiger partial charge in [-0.15, -0.1) is 0 Å². The summed E-state index contributed by atoms with van der Waals surface area (Å²) in [6.45, 7) is 4.04. The molecule has 1 aromatic heterocycles. The van der Waals surface area contributed by atoms with Crippen molar-refractivity contribution in [2.24, 2.45) is 0 Å². The number of anilines is 1. The van der Waals surface area contributed by atoms with Crippen LogP contribution in [-0.4, -0.2) is 24.6 Å². The summed E-state index contributed by atoms with van der Waals surface area (Å²) in [5.41, 5.74) is 2.45. The van der Waals surface area contributed by atoms with Gasteiger partial charge < -0.3 is 10.2 Å². The van der Waals surface area contributed by atoms with Crippen LogP contribution in [0, 0.1) is 0 Å².